The molecule has 0 saturated heterocycles. The second-order valence-corrected chi connectivity index (χ2v) is 24.3. The van der Waals surface area contributed by atoms with Crippen LogP contribution in [-0.2, 0) is 6.42 Å². The van der Waals surface area contributed by atoms with Gasteiger partial charge in [-0.15, -0.1) is 0 Å². The van der Waals surface area contributed by atoms with Crippen LogP contribution in [0, 0.1) is 26.7 Å². The van der Waals surface area contributed by atoms with Crippen molar-refractivity contribution in [1.82, 2.24) is 0 Å². The quantitative estimate of drug-likeness (QED) is 0.116. The maximum atomic E-state index is 12.5. The average molecular weight is 1170 g/mol. The lowest BCUT2D eigenvalue weighted by atomic mass is 9.81. The zero-order chi connectivity index (χ0) is 61.0. The number of rotatable bonds is 13. The van der Waals surface area contributed by atoms with Crippen LogP contribution >= 0.6 is 0 Å². The summed E-state index contributed by atoms with van der Waals surface area (Å²) in [4.78, 5) is 4.63. The molecule has 3 heterocycles. The minimum absolute atomic E-state index is 0.210. The maximum Gasteiger partial charge on any atom is 0.159 e. The van der Waals surface area contributed by atoms with Crippen molar-refractivity contribution in [2.24, 2.45) is 5.92 Å². The number of anilines is 4. The Morgan fingerprint density at radius 2 is 1.12 bits per heavy atom. The van der Waals surface area contributed by atoms with Gasteiger partial charge < -0.3 is 28.2 Å². The molecule has 3 aliphatic carbocycles. The van der Waals surface area contributed by atoms with Crippen LogP contribution in [-0.4, -0.2) is 5.11 Å². The number of phenolic OH excluding ortho intramolecular Hbond substituents is 1. The van der Waals surface area contributed by atoms with Gasteiger partial charge in [0, 0.05) is 38.1 Å². The highest BCUT2D eigenvalue weighted by Crippen LogP contribution is 2.52. The fourth-order valence-electron chi connectivity index (χ4n) is 14.4. The summed E-state index contributed by atoms with van der Waals surface area (Å²) in [6.45, 7) is 12.7. The molecule has 6 nitrogen and oxygen atoms in total. The fourth-order valence-corrected chi connectivity index (χ4v) is 14.4. The van der Waals surface area contributed by atoms with Gasteiger partial charge in [0.2, 0.25) is 0 Å². The second kappa shape index (κ2) is 26.1. The molecule has 0 spiro atoms. The van der Waals surface area contributed by atoms with Crippen LogP contribution in [0.4, 0.5) is 22.7 Å². The molecule has 0 radical (unpaired) electrons. The van der Waals surface area contributed by atoms with Crippen molar-refractivity contribution in [3.8, 4) is 5.75 Å². The lowest BCUT2D eigenvalue weighted by Gasteiger charge is -2.32. The zero-order valence-corrected chi connectivity index (χ0v) is 52.4. The summed E-state index contributed by atoms with van der Waals surface area (Å²) in [6, 6.07) is 57.5. The highest BCUT2D eigenvalue weighted by Gasteiger charge is 2.34. The number of aryl methyl sites for hydroxylation is 2. The Balaban J connectivity index is 0.00000115. The Hall–Kier alpha value is -9.52. The molecule has 0 unspecified atom stereocenters. The van der Waals surface area contributed by atoms with Crippen LogP contribution in [0.2, 0.25) is 0 Å². The van der Waals surface area contributed by atoms with E-state index >= 15 is 0 Å². The van der Waals surface area contributed by atoms with E-state index in [0.717, 1.165) is 142 Å². The summed E-state index contributed by atoms with van der Waals surface area (Å²) < 4.78 is 21.7. The Kier molecular flexibility index (Phi) is 17.1. The molecule has 0 amide bonds. The van der Waals surface area contributed by atoms with Crippen LogP contribution in [0.1, 0.15) is 136 Å². The molecule has 0 aliphatic heterocycles. The van der Waals surface area contributed by atoms with Crippen LogP contribution in [0.5, 0.6) is 5.75 Å². The summed E-state index contributed by atoms with van der Waals surface area (Å²) in [5.74, 6) is 2.87. The zero-order valence-electron chi connectivity index (χ0n) is 52.4. The molecule has 8 aromatic carbocycles. The largest absolute Gasteiger partial charge is 0.505 e. The van der Waals surface area contributed by atoms with E-state index in [1.165, 1.54) is 68.1 Å². The summed E-state index contributed by atoms with van der Waals surface area (Å²) in [6.07, 6.45) is 34.7. The van der Waals surface area contributed by atoms with E-state index in [-0.39, 0.29) is 5.75 Å². The van der Waals surface area contributed by atoms with E-state index in [2.05, 4.69) is 208 Å². The molecule has 6 heteroatoms. The third-order valence-corrected chi connectivity index (χ3v) is 18.7. The molecule has 446 valence electrons. The molecular weight excluding hydrogens is 1090 g/mol. The van der Waals surface area contributed by atoms with Gasteiger partial charge in [-0.2, -0.15) is 0 Å². The molecule has 0 bridgehead atoms. The predicted molar refractivity (Wildman–Crippen MR) is 376 cm³/mol. The normalized spacial score (nSPS) is 15.6. The first-order valence-electron chi connectivity index (χ1n) is 32.4. The SMILES string of the molecule is C/C=C\C=C(/c1oc2c(c1C)CC=CC=C2N(C(/C=C\C)=C(\C=C/C)c1c(C)ccc2c(N(c3cccc4c3oc3ccccc34)c3cccc4c3oc3c(C5CCCCC5)cccc34)cccc12)c1cccc(C)c1O)C1CCCCC1.c1ccccc1. The number of furan rings is 3. The highest BCUT2D eigenvalue weighted by molar-refractivity contribution is 6.17. The van der Waals surface area contributed by atoms with Crippen molar-refractivity contribution >= 4 is 94.2 Å². The van der Waals surface area contributed by atoms with Gasteiger partial charge in [0.05, 0.1) is 34.1 Å². The van der Waals surface area contributed by atoms with Gasteiger partial charge in [-0.3, -0.25) is 0 Å². The predicted octanol–water partition coefficient (Wildman–Crippen LogP) is 24.1. The topological polar surface area (TPSA) is 66.1 Å². The van der Waals surface area contributed by atoms with Gasteiger partial charge in [-0.1, -0.05) is 221 Å². The molecule has 2 saturated carbocycles. The third kappa shape index (κ3) is 11.1. The van der Waals surface area contributed by atoms with E-state index < -0.39 is 0 Å². The molecule has 89 heavy (non-hydrogen) atoms. The summed E-state index contributed by atoms with van der Waals surface area (Å²) >= 11 is 0. The standard InChI is InChI=1S/C77H74N2O4.C6H6/c1-7-10-33-55(52-29-13-11-14-30-52)73-51(6)54-34-17-19-41-67(75(54)82-73)78(66-43-21-28-50(5)72(66)80)64(27-9-3)63(26-8-2)71-49(4)47-48-57-59(71)37-23-42-65(57)79(68-44-24-39-60-58-35-18-20-46-70(58)81-76(60)68)69-45-25-40-62-61-38-22-36-56(74(61)83-77(62)69)53-31-15-12-16-32-53;1-2-4-6-5-3-1/h7-10,17-28,33,35-48,52-53,80H,11-16,29-32,34H2,1-6H3;1-6H/b10-7-,26-8-,27-9-,55-33-,64-63+;. The van der Waals surface area contributed by atoms with Crippen molar-refractivity contribution in [3.05, 3.63) is 275 Å². The first-order chi connectivity index (χ1) is 43.8. The molecule has 14 rings (SSSR count). The maximum absolute atomic E-state index is 12.5. The fraction of sp³-hybridized carbons (Fsp3) is 0.229. The van der Waals surface area contributed by atoms with Gasteiger partial charge in [-0.25, -0.2) is 0 Å². The molecule has 11 aromatic rings. The number of phenols is 1. The van der Waals surface area contributed by atoms with Crippen LogP contribution < -0.4 is 9.80 Å². The van der Waals surface area contributed by atoms with Gasteiger partial charge in [-0.05, 0) is 167 Å². The van der Waals surface area contributed by atoms with Crippen molar-refractivity contribution in [2.45, 2.75) is 118 Å². The number of hydrogen-bond acceptors (Lipinski definition) is 6. The summed E-state index contributed by atoms with van der Waals surface area (Å²) in [5, 5.41) is 19.0. The Morgan fingerprint density at radius 1 is 0.517 bits per heavy atom. The van der Waals surface area contributed by atoms with Gasteiger partial charge in [0.1, 0.15) is 22.7 Å². The van der Waals surface area contributed by atoms with E-state index in [4.69, 9.17) is 13.3 Å². The van der Waals surface area contributed by atoms with E-state index in [0.29, 0.717) is 17.5 Å². The lowest BCUT2D eigenvalue weighted by Crippen LogP contribution is -2.22. The Labute approximate surface area is 524 Å². The average Bonchev–Trinajstić information content (AvgIpc) is 1.75. The molecule has 2 fully saturated rings. The van der Waals surface area contributed by atoms with E-state index in [1.807, 2.05) is 67.6 Å². The van der Waals surface area contributed by atoms with E-state index in [9.17, 15) is 5.11 Å². The Morgan fingerprint density at radius 3 is 1.83 bits per heavy atom. The van der Waals surface area contributed by atoms with Gasteiger partial charge >= 0.3 is 0 Å². The smallest absolute Gasteiger partial charge is 0.159 e. The lowest BCUT2D eigenvalue weighted by molar-refractivity contribution is 0.419. The van der Waals surface area contributed by atoms with Crippen molar-refractivity contribution in [3.63, 3.8) is 0 Å². The number of fused-ring (bicyclic) bond motifs is 8. The van der Waals surface area contributed by atoms with Crippen molar-refractivity contribution < 1.29 is 18.4 Å². The minimum Gasteiger partial charge on any atom is -0.505 e. The van der Waals surface area contributed by atoms with Crippen LogP contribution in [0.15, 0.2) is 244 Å². The molecule has 3 aromatic heterocycles. The number of aromatic hydroxyl groups is 1. The molecule has 0 atom stereocenters. The minimum atomic E-state index is 0.210. The first-order valence-corrected chi connectivity index (χ1v) is 32.4. The summed E-state index contributed by atoms with van der Waals surface area (Å²) in [7, 11) is 0. The van der Waals surface area contributed by atoms with Gasteiger partial charge in [0.15, 0.2) is 16.9 Å². The molecular formula is C83H80N2O4. The van der Waals surface area contributed by atoms with Crippen molar-refractivity contribution in [1.29, 1.82) is 0 Å². The van der Waals surface area contributed by atoms with Crippen molar-refractivity contribution in [2.75, 3.05) is 9.80 Å². The monoisotopic (exact) mass is 1170 g/mol. The first kappa shape index (κ1) is 58.5. The Bertz CT molecular complexity index is 4600. The molecule has 1 N–H and O–H groups in total. The number of allylic oxidation sites excluding steroid dienone is 12. The summed E-state index contributed by atoms with van der Waals surface area (Å²) in [5.41, 5.74) is 17.6. The number of nitrogens with zero attached hydrogens (tertiary/aromatic N) is 2. The highest BCUT2D eigenvalue weighted by atomic mass is 16.3. The molecule has 3 aliphatic rings. The van der Waals surface area contributed by atoms with Gasteiger partial charge in [0.25, 0.3) is 0 Å². The third-order valence-electron chi connectivity index (χ3n) is 18.7. The number of hydrogen-bond donors (Lipinski definition) is 1. The van der Waals surface area contributed by atoms with Crippen LogP contribution in [0.25, 0.3) is 71.5 Å². The number of para-hydroxylation sites is 5. The van der Waals surface area contributed by atoms with Crippen LogP contribution in [0.3, 0.4) is 0 Å². The van der Waals surface area contributed by atoms with E-state index in [1.54, 1.807) is 0 Å². The second-order valence-electron chi connectivity index (χ2n) is 24.3. The number of benzene rings is 8.